The fraction of sp³-hybridized carbons (Fsp3) is 0.860. The molecule has 2 aliphatic rings. The molecule has 0 radical (unpaired) electrons. The van der Waals surface area contributed by atoms with Crippen LogP contribution in [-0.2, 0) is 84.6 Å². The Morgan fingerprint density at radius 3 is 1.51 bits per heavy atom. The van der Waals surface area contributed by atoms with E-state index in [4.69, 9.17) is 65.5 Å². The highest BCUT2D eigenvalue weighted by Gasteiger charge is 2.46. The maximum Gasteiger partial charge on any atom is 0.248 e. The summed E-state index contributed by atoms with van der Waals surface area (Å²) in [6.45, 7) is 2.38. The van der Waals surface area contributed by atoms with Crippen molar-refractivity contribution in [1.82, 2.24) is 16.0 Å². The lowest BCUT2D eigenvalue weighted by molar-refractivity contribution is -0.272. The van der Waals surface area contributed by atoms with Gasteiger partial charge in [0.2, 0.25) is 32.9 Å². The molecule has 2 rings (SSSR count). The van der Waals surface area contributed by atoms with Crippen LogP contribution in [0.5, 0.6) is 0 Å². The second kappa shape index (κ2) is 37.6. The molecule has 434 valence electrons. The van der Waals surface area contributed by atoms with E-state index in [0.717, 1.165) is 0 Å². The van der Waals surface area contributed by atoms with Crippen molar-refractivity contribution >= 4 is 51.2 Å². The standard InChI is InChI=1S/C43H81N3O26P2/c1-28-37(44-29(2)50)42(71-34(21-48)39(28)54)66-17-15-62-9-7-60-11-13-64-26-33(52)19-31(23-68-73(5,57)59-4)24-69-74(6,58)70-25-32(20-47)46-36(53)27-65-14-12-61-8-10-63-16-18-67-43-38(45-30(3)51)41(56)40(55)35(22-49)72-43/h28,31-32,34-35,37-43,47-49,54-58H,5-27H2,1-4H3,(H,44,50)(H,45,51)(H,46,53)/t28-,31?,32?,34-,35-,37-,38-,39-,40+,41-,42-,43-,73?,74?/m1/s1. The second-order valence-electron chi connectivity index (χ2n) is 16.9. The number of rotatable bonds is 42. The summed E-state index contributed by atoms with van der Waals surface area (Å²) in [6, 6.07) is -2.70. The molecule has 14 atom stereocenters. The van der Waals surface area contributed by atoms with E-state index in [1.807, 2.05) is 0 Å². The van der Waals surface area contributed by atoms with E-state index in [0.29, 0.717) is 0 Å². The average molecular weight is 1120 g/mol. The van der Waals surface area contributed by atoms with Gasteiger partial charge in [0.25, 0.3) is 0 Å². The number of nitrogens with one attached hydrogen (secondary N) is 3. The largest absolute Gasteiger partial charge is 0.394 e. The quantitative estimate of drug-likeness (QED) is 0.0202. The van der Waals surface area contributed by atoms with Crippen molar-refractivity contribution in [2.75, 3.05) is 139 Å². The summed E-state index contributed by atoms with van der Waals surface area (Å²) in [6.07, 6.45) is -1.04. The van der Waals surface area contributed by atoms with Crippen molar-refractivity contribution in [3.63, 3.8) is 0 Å². The number of aliphatic hydroxyl groups is 6. The first-order valence-electron chi connectivity index (χ1n) is 23.8. The van der Waals surface area contributed by atoms with E-state index in [9.17, 15) is 59.6 Å². The number of carbonyl (C=O) groups is 4. The number of amides is 3. The SMILES string of the molecule is C=P(O)(OC)OCC(COP(=C)(O)OCC(CO)NC(=O)COCCOCCOCCO[C@@H]1O[C@H](CO)[C@H](O)[C@H](O)[C@H]1NC(C)=O)CC(=O)COCCOCCOCCO[C@@H]1O[C@H](CO)[C@H](O)[C@H](C)[C@H]1NC(C)=O. The van der Waals surface area contributed by atoms with E-state index in [-0.39, 0.29) is 117 Å². The van der Waals surface area contributed by atoms with Crippen LogP contribution in [0.15, 0.2) is 0 Å². The molecule has 74 heavy (non-hydrogen) atoms. The van der Waals surface area contributed by atoms with Gasteiger partial charge in [0.15, 0.2) is 18.4 Å². The average Bonchev–Trinajstić information content (AvgIpc) is 3.35. The molecule has 2 fully saturated rings. The number of ketones is 1. The molecule has 2 heterocycles. The number of Topliss-reactive ketones (excluding diaryl/α,β-unsaturated/α-hetero) is 1. The molecule has 11 N–H and O–H groups in total. The zero-order chi connectivity index (χ0) is 55.1. The Morgan fingerprint density at radius 1 is 0.595 bits per heavy atom. The third-order valence-corrected chi connectivity index (χ3v) is 13.0. The van der Waals surface area contributed by atoms with Gasteiger partial charge in [-0.25, -0.2) is 0 Å². The minimum atomic E-state index is -3.85. The lowest BCUT2D eigenvalue weighted by Crippen LogP contribution is -2.64. The minimum Gasteiger partial charge on any atom is -0.394 e. The molecule has 0 aliphatic carbocycles. The summed E-state index contributed by atoms with van der Waals surface area (Å²) >= 11 is 0. The van der Waals surface area contributed by atoms with E-state index >= 15 is 0 Å². The topological polar surface area (TPSA) is 395 Å². The Balaban J connectivity index is 1.61. The number of hydrogen-bond donors (Lipinski definition) is 11. The first-order chi connectivity index (χ1) is 35.2. The predicted octanol–water partition coefficient (Wildman–Crippen LogP) is -4.60. The Hall–Kier alpha value is -2.20. The molecular weight excluding hydrogens is 1040 g/mol. The molecule has 0 aromatic carbocycles. The highest BCUT2D eigenvalue weighted by atomic mass is 31.2. The van der Waals surface area contributed by atoms with Crippen molar-refractivity contribution < 1.29 is 125 Å². The number of hydrogen-bond acceptors (Lipinski definition) is 26. The van der Waals surface area contributed by atoms with Crippen LogP contribution in [0.4, 0.5) is 0 Å². The van der Waals surface area contributed by atoms with Crippen LogP contribution in [0.25, 0.3) is 0 Å². The molecule has 0 aromatic heterocycles. The summed E-state index contributed by atoms with van der Waals surface area (Å²) in [4.78, 5) is 69.4. The van der Waals surface area contributed by atoms with Gasteiger partial charge in [0.1, 0.15) is 43.7 Å². The van der Waals surface area contributed by atoms with Crippen LogP contribution >= 0.6 is 15.1 Å². The maximum absolute atomic E-state index is 12.8. The van der Waals surface area contributed by atoms with Gasteiger partial charge in [-0.3, -0.25) is 19.2 Å². The van der Waals surface area contributed by atoms with Crippen molar-refractivity contribution in [3.05, 3.63) is 0 Å². The van der Waals surface area contributed by atoms with Crippen LogP contribution in [-0.4, -0.2) is 277 Å². The zero-order valence-electron chi connectivity index (χ0n) is 42.5. The van der Waals surface area contributed by atoms with Crippen molar-refractivity contribution in [2.45, 2.75) is 88.4 Å². The van der Waals surface area contributed by atoms with Crippen LogP contribution in [0.2, 0.25) is 0 Å². The normalized spacial score (nSPS) is 26.6. The Labute approximate surface area is 430 Å². The Kier molecular flexibility index (Phi) is 34.5. The van der Waals surface area contributed by atoms with Gasteiger partial charge in [-0.1, -0.05) is 6.92 Å². The monoisotopic (exact) mass is 1120 g/mol. The van der Waals surface area contributed by atoms with Crippen LogP contribution in [0.3, 0.4) is 0 Å². The highest BCUT2D eigenvalue weighted by Crippen LogP contribution is 2.45. The van der Waals surface area contributed by atoms with Gasteiger partial charge in [-0.05, 0) is 12.6 Å². The van der Waals surface area contributed by atoms with E-state index in [2.05, 4.69) is 28.5 Å². The van der Waals surface area contributed by atoms with Gasteiger partial charge >= 0.3 is 0 Å². The fourth-order valence-corrected chi connectivity index (χ4v) is 8.33. The van der Waals surface area contributed by atoms with Gasteiger partial charge in [-0.2, -0.15) is 0 Å². The third-order valence-electron chi connectivity index (χ3n) is 10.8. The highest BCUT2D eigenvalue weighted by molar-refractivity contribution is 7.58. The van der Waals surface area contributed by atoms with E-state index in [1.54, 1.807) is 6.92 Å². The van der Waals surface area contributed by atoms with Crippen LogP contribution in [0.1, 0.15) is 27.2 Å². The van der Waals surface area contributed by atoms with Gasteiger partial charge < -0.3 is 122 Å². The molecule has 0 spiro atoms. The van der Waals surface area contributed by atoms with Gasteiger partial charge in [-0.15, -0.1) is 0 Å². The second-order valence-corrected chi connectivity index (χ2v) is 20.6. The maximum atomic E-state index is 12.8. The zero-order valence-corrected chi connectivity index (χ0v) is 44.3. The smallest absolute Gasteiger partial charge is 0.248 e. The van der Waals surface area contributed by atoms with Crippen molar-refractivity contribution in [2.24, 2.45) is 11.8 Å². The number of ether oxygens (including phenoxy) is 10. The lowest BCUT2D eigenvalue weighted by Gasteiger charge is -2.43. The van der Waals surface area contributed by atoms with E-state index < -0.39 is 133 Å². The van der Waals surface area contributed by atoms with E-state index in [1.165, 1.54) is 21.0 Å². The lowest BCUT2D eigenvalue weighted by atomic mass is 9.89. The first-order valence-corrected chi connectivity index (χ1v) is 27.3. The molecule has 0 bridgehead atoms. The molecule has 31 heteroatoms. The summed E-state index contributed by atoms with van der Waals surface area (Å²) in [5.74, 6) is -3.00. The summed E-state index contributed by atoms with van der Waals surface area (Å²) in [5, 5.41) is 67.2. The Morgan fingerprint density at radius 2 is 1.03 bits per heavy atom. The fourth-order valence-electron chi connectivity index (χ4n) is 6.85. The summed E-state index contributed by atoms with van der Waals surface area (Å²) in [7, 11) is -6.12. The molecule has 0 saturated carbocycles. The molecule has 0 aromatic rings. The first kappa shape index (κ1) is 67.9. The predicted molar refractivity (Wildman–Crippen MR) is 260 cm³/mol. The van der Waals surface area contributed by atoms with Crippen LogP contribution < -0.4 is 16.0 Å². The van der Waals surface area contributed by atoms with Crippen LogP contribution in [0, 0.1) is 11.8 Å². The molecule has 4 unspecified atom stereocenters. The third kappa shape index (κ3) is 27.9. The van der Waals surface area contributed by atoms with Crippen molar-refractivity contribution in [3.8, 4) is 0 Å². The number of carbonyl (C=O) groups excluding carboxylic acids is 4. The number of aliphatic hydroxyl groups excluding tert-OH is 6. The van der Waals surface area contributed by atoms with Crippen molar-refractivity contribution in [1.29, 1.82) is 0 Å². The van der Waals surface area contributed by atoms with Gasteiger partial charge in [0, 0.05) is 39.2 Å². The summed E-state index contributed by atoms with van der Waals surface area (Å²) in [5.41, 5.74) is 0. The molecule has 2 aliphatic heterocycles. The molecule has 3 amide bonds. The summed E-state index contributed by atoms with van der Waals surface area (Å²) < 4.78 is 76.1. The minimum absolute atomic E-state index is 0.0105. The molecular formula is C43H81N3O26P2. The molecule has 2 saturated heterocycles. The van der Waals surface area contributed by atoms with Gasteiger partial charge in [0.05, 0.1) is 137 Å². The Bertz CT molecular complexity index is 1690. The molecule has 29 nitrogen and oxygen atoms in total.